The lowest BCUT2D eigenvalue weighted by Gasteiger charge is -2.28. The van der Waals surface area contributed by atoms with Crippen molar-refractivity contribution in [3.05, 3.63) is 29.8 Å². The average molecular weight is 602 g/mol. The number of benzene rings is 1. The van der Waals surface area contributed by atoms with Crippen LogP contribution < -0.4 is 21.3 Å². The third kappa shape index (κ3) is 14.3. The smallest absolute Gasteiger partial charge is 0.314 e. The second-order valence-electron chi connectivity index (χ2n) is 10.6. The number of hydrogen-bond donors (Lipinski definition) is 4. The van der Waals surface area contributed by atoms with E-state index in [0.29, 0.717) is 57.0 Å². The number of ether oxygens (including phenoxy) is 1. The summed E-state index contributed by atoms with van der Waals surface area (Å²) in [5.41, 5.74) is 1.23. The molecule has 1 aliphatic rings. The molecule has 0 aromatic heterocycles. The molecule has 1 unspecified atom stereocenters. The molecule has 12 heteroatoms. The number of nitrogens with zero attached hydrogens (tertiary/aromatic N) is 1. The Kier molecular flexibility index (Phi) is 16.6. The van der Waals surface area contributed by atoms with Gasteiger partial charge in [0.25, 0.3) is 0 Å². The van der Waals surface area contributed by atoms with E-state index < -0.39 is 11.8 Å². The number of rotatable bonds is 21. The zero-order valence-electron chi connectivity index (χ0n) is 25.5. The quantitative estimate of drug-likeness (QED) is 0.0956. The minimum absolute atomic E-state index is 0.112. The number of likely N-dealkylation sites (tertiary alicyclic amines) is 1. The predicted octanol–water partition coefficient (Wildman–Crippen LogP) is 2.70. The Labute approximate surface area is 254 Å². The number of β-lactam (4-membered cyclic amide) rings is 1. The Morgan fingerprint density at radius 2 is 1.58 bits per heavy atom. The van der Waals surface area contributed by atoms with E-state index in [1.807, 2.05) is 6.92 Å². The molecule has 0 spiro atoms. The SMILES string of the molecule is CCCC(CCCCNC(=O)NCCCOCCNC(=O)CC(=O)Nc1ccc(CC(=O)N2CCC2=O)cc1)C(=O)CC. The van der Waals surface area contributed by atoms with Crippen LogP contribution in [0.2, 0.25) is 0 Å². The second kappa shape index (κ2) is 20.2. The molecule has 1 aliphatic heterocycles. The summed E-state index contributed by atoms with van der Waals surface area (Å²) >= 11 is 0. The van der Waals surface area contributed by atoms with Crippen LogP contribution in [-0.4, -0.2) is 79.7 Å². The van der Waals surface area contributed by atoms with Crippen LogP contribution in [0.15, 0.2) is 24.3 Å². The Morgan fingerprint density at radius 3 is 2.21 bits per heavy atom. The van der Waals surface area contributed by atoms with Gasteiger partial charge in [-0.25, -0.2) is 4.79 Å². The number of imide groups is 1. The molecule has 0 aliphatic carbocycles. The lowest BCUT2D eigenvalue weighted by atomic mass is 9.91. The molecule has 2 rings (SSSR count). The number of Topliss-reactive ketones (excluding diaryl/α,β-unsaturated/α-hetero) is 1. The van der Waals surface area contributed by atoms with Gasteiger partial charge in [0.2, 0.25) is 23.6 Å². The Morgan fingerprint density at radius 1 is 0.860 bits per heavy atom. The first-order chi connectivity index (χ1) is 20.7. The highest BCUT2D eigenvalue weighted by molar-refractivity contribution is 6.03. The van der Waals surface area contributed by atoms with Gasteiger partial charge in [0.1, 0.15) is 12.2 Å². The highest BCUT2D eigenvalue weighted by Gasteiger charge is 2.29. The molecular weight excluding hydrogens is 554 g/mol. The summed E-state index contributed by atoms with van der Waals surface area (Å²) in [5, 5.41) is 10.9. The Balaban J connectivity index is 1.44. The van der Waals surface area contributed by atoms with Crippen molar-refractivity contribution in [1.29, 1.82) is 0 Å². The molecule has 0 radical (unpaired) electrons. The maximum Gasteiger partial charge on any atom is 0.314 e. The van der Waals surface area contributed by atoms with Gasteiger partial charge in [0, 0.05) is 57.2 Å². The molecule has 0 saturated carbocycles. The van der Waals surface area contributed by atoms with Crippen LogP contribution in [0.1, 0.15) is 77.2 Å². The van der Waals surface area contributed by atoms with Crippen LogP contribution in [0.5, 0.6) is 0 Å². The number of amides is 6. The highest BCUT2D eigenvalue weighted by Crippen LogP contribution is 2.17. The first-order valence-electron chi connectivity index (χ1n) is 15.3. The largest absolute Gasteiger partial charge is 0.380 e. The molecule has 4 N–H and O–H groups in total. The third-order valence-electron chi connectivity index (χ3n) is 7.09. The number of hydrogen-bond acceptors (Lipinski definition) is 7. The van der Waals surface area contributed by atoms with Crippen molar-refractivity contribution in [2.75, 3.05) is 44.7 Å². The van der Waals surface area contributed by atoms with Gasteiger partial charge in [-0.1, -0.05) is 38.8 Å². The molecule has 12 nitrogen and oxygen atoms in total. The monoisotopic (exact) mass is 601 g/mol. The summed E-state index contributed by atoms with van der Waals surface area (Å²) in [7, 11) is 0. The number of carbonyl (C=O) groups is 6. The van der Waals surface area contributed by atoms with E-state index in [1.165, 1.54) is 4.90 Å². The predicted molar refractivity (Wildman–Crippen MR) is 162 cm³/mol. The highest BCUT2D eigenvalue weighted by atomic mass is 16.5. The molecule has 238 valence electrons. The van der Waals surface area contributed by atoms with E-state index in [2.05, 4.69) is 28.2 Å². The maximum atomic E-state index is 12.2. The number of nitrogens with one attached hydrogen (secondary N) is 4. The lowest BCUT2D eigenvalue weighted by Crippen LogP contribution is -2.48. The first kappa shape index (κ1) is 35.4. The molecule has 1 saturated heterocycles. The molecular formula is C31H47N5O7. The van der Waals surface area contributed by atoms with E-state index in [0.717, 1.165) is 37.7 Å². The van der Waals surface area contributed by atoms with Gasteiger partial charge in [-0.15, -0.1) is 0 Å². The molecule has 1 aromatic carbocycles. The van der Waals surface area contributed by atoms with Crippen LogP contribution in [0.4, 0.5) is 10.5 Å². The summed E-state index contributed by atoms with van der Waals surface area (Å²) in [6.07, 6.45) is 5.93. The molecule has 1 aromatic rings. The van der Waals surface area contributed by atoms with Gasteiger partial charge < -0.3 is 26.0 Å². The summed E-state index contributed by atoms with van der Waals surface area (Å²) in [6, 6.07) is 6.45. The topological polar surface area (TPSA) is 163 Å². The van der Waals surface area contributed by atoms with Gasteiger partial charge in [0.15, 0.2) is 0 Å². The fourth-order valence-corrected chi connectivity index (χ4v) is 4.59. The molecule has 1 fully saturated rings. The fraction of sp³-hybridized carbons (Fsp3) is 0.613. The molecule has 43 heavy (non-hydrogen) atoms. The minimum atomic E-state index is -0.468. The van der Waals surface area contributed by atoms with Gasteiger partial charge in [-0.05, 0) is 43.4 Å². The van der Waals surface area contributed by atoms with Crippen LogP contribution in [-0.2, 0) is 35.1 Å². The maximum absolute atomic E-state index is 12.2. The van der Waals surface area contributed by atoms with Crippen molar-refractivity contribution < 1.29 is 33.5 Å². The van der Waals surface area contributed by atoms with Crippen molar-refractivity contribution >= 4 is 41.1 Å². The normalized spacial score (nSPS) is 13.1. The van der Waals surface area contributed by atoms with Crippen molar-refractivity contribution in [3.8, 4) is 0 Å². The van der Waals surface area contributed by atoms with Crippen LogP contribution in [0, 0.1) is 5.92 Å². The number of anilines is 1. The van der Waals surface area contributed by atoms with Crippen molar-refractivity contribution in [2.24, 2.45) is 5.92 Å². The third-order valence-corrected chi connectivity index (χ3v) is 7.09. The molecule has 0 bridgehead atoms. The number of urea groups is 1. The van der Waals surface area contributed by atoms with Crippen molar-refractivity contribution in [3.63, 3.8) is 0 Å². The summed E-state index contributed by atoms with van der Waals surface area (Å²) in [4.78, 5) is 72.6. The van der Waals surface area contributed by atoms with Crippen LogP contribution in [0.25, 0.3) is 0 Å². The minimum Gasteiger partial charge on any atom is -0.380 e. The number of unbranched alkanes of at least 4 members (excludes halogenated alkanes) is 1. The van der Waals surface area contributed by atoms with Gasteiger partial charge in [-0.2, -0.15) is 0 Å². The number of carbonyl (C=O) groups excluding carboxylic acids is 6. The van der Waals surface area contributed by atoms with Gasteiger partial charge >= 0.3 is 6.03 Å². The van der Waals surface area contributed by atoms with E-state index >= 15 is 0 Å². The summed E-state index contributed by atoms with van der Waals surface area (Å²) in [6.45, 7) is 6.43. The standard InChI is InChI=1S/C31H47N5O7/c1-3-8-24(26(37)4-2)9-5-6-15-33-31(42)34-16-7-19-43-20-17-32-27(38)22-28(39)35-25-12-10-23(11-13-25)21-30(41)36-18-14-29(36)40/h10-13,24H,3-9,14-22H2,1-2H3,(H,32,38)(H,35,39)(H2,33,34,42). The van der Waals surface area contributed by atoms with E-state index in [4.69, 9.17) is 4.74 Å². The van der Waals surface area contributed by atoms with E-state index in [1.54, 1.807) is 24.3 Å². The molecule has 1 atom stereocenters. The summed E-state index contributed by atoms with van der Waals surface area (Å²) in [5.74, 6) is -0.830. The Hall–Kier alpha value is -3.80. The van der Waals surface area contributed by atoms with Gasteiger partial charge in [-0.3, -0.25) is 28.9 Å². The zero-order chi connectivity index (χ0) is 31.5. The fourth-order valence-electron chi connectivity index (χ4n) is 4.59. The average Bonchev–Trinajstić information content (AvgIpc) is 2.97. The van der Waals surface area contributed by atoms with Crippen molar-refractivity contribution in [1.82, 2.24) is 20.9 Å². The van der Waals surface area contributed by atoms with Crippen LogP contribution in [0.3, 0.4) is 0 Å². The van der Waals surface area contributed by atoms with Gasteiger partial charge in [0.05, 0.1) is 13.0 Å². The lowest BCUT2D eigenvalue weighted by molar-refractivity contribution is -0.152. The summed E-state index contributed by atoms with van der Waals surface area (Å²) < 4.78 is 5.46. The first-order valence-corrected chi connectivity index (χ1v) is 15.3. The van der Waals surface area contributed by atoms with Crippen LogP contribution >= 0.6 is 0 Å². The molecule has 1 heterocycles. The molecule has 6 amide bonds. The zero-order valence-corrected chi connectivity index (χ0v) is 25.5. The number of ketones is 1. The Bertz CT molecular complexity index is 1080. The van der Waals surface area contributed by atoms with Crippen molar-refractivity contribution in [2.45, 2.75) is 78.1 Å². The van der Waals surface area contributed by atoms with E-state index in [9.17, 15) is 28.8 Å². The van der Waals surface area contributed by atoms with E-state index in [-0.39, 0.29) is 49.8 Å². The second-order valence-corrected chi connectivity index (χ2v) is 10.6.